The van der Waals surface area contributed by atoms with Crippen molar-refractivity contribution in [3.63, 3.8) is 0 Å². The molecule has 108 valence electrons. The Morgan fingerprint density at radius 3 is 2.70 bits per heavy atom. The van der Waals surface area contributed by atoms with E-state index in [4.69, 9.17) is 11.6 Å². The third kappa shape index (κ3) is 3.02. The first-order valence-electron chi connectivity index (χ1n) is 6.86. The molecule has 0 amide bonds. The van der Waals surface area contributed by atoms with Crippen LogP contribution in [-0.4, -0.2) is 21.3 Å². The molecule has 0 spiro atoms. The van der Waals surface area contributed by atoms with Crippen molar-refractivity contribution in [2.75, 3.05) is 6.54 Å². The molecule has 0 bridgehead atoms. The molecule has 0 aliphatic carbocycles. The van der Waals surface area contributed by atoms with Gasteiger partial charge in [-0.25, -0.2) is 0 Å². The molecule has 1 unspecified atom stereocenters. The first kappa shape index (κ1) is 15.0. The fourth-order valence-corrected chi connectivity index (χ4v) is 2.74. The van der Waals surface area contributed by atoms with Gasteiger partial charge >= 0.3 is 0 Å². The fraction of sp³-hybridized carbons (Fsp3) is 0.467. The van der Waals surface area contributed by atoms with E-state index in [1.165, 1.54) is 11.1 Å². The number of pyridine rings is 1. The quantitative estimate of drug-likeness (QED) is 0.921. The monoisotopic (exact) mass is 292 g/mol. The Balaban J connectivity index is 2.33. The predicted octanol–water partition coefficient (Wildman–Crippen LogP) is 2.98. The van der Waals surface area contributed by atoms with Crippen LogP contribution in [0.3, 0.4) is 0 Å². The largest absolute Gasteiger partial charge is 0.310 e. The lowest BCUT2D eigenvalue weighted by molar-refractivity contribution is 0.544. The van der Waals surface area contributed by atoms with E-state index in [0.717, 1.165) is 24.2 Å². The zero-order valence-electron chi connectivity index (χ0n) is 12.4. The van der Waals surface area contributed by atoms with Gasteiger partial charge in [-0.05, 0) is 44.0 Å². The smallest absolute Gasteiger partial charge is 0.130 e. The Bertz CT molecular complexity index is 592. The Morgan fingerprint density at radius 2 is 2.15 bits per heavy atom. The molecule has 0 saturated heterocycles. The molecule has 0 saturated carbocycles. The summed E-state index contributed by atoms with van der Waals surface area (Å²) in [6, 6.07) is 2.24. The highest BCUT2D eigenvalue weighted by Gasteiger charge is 2.19. The lowest BCUT2D eigenvalue weighted by Gasteiger charge is -2.20. The number of rotatable bonds is 5. The van der Waals surface area contributed by atoms with Crippen LogP contribution in [-0.2, 0) is 13.5 Å². The molecule has 0 radical (unpaired) electrons. The zero-order chi connectivity index (χ0) is 14.7. The summed E-state index contributed by atoms with van der Waals surface area (Å²) in [5.74, 6) is 0. The average molecular weight is 293 g/mol. The van der Waals surface area contributed by atoms with Gasteiger partial charge in [0.15, 0.2) is 0 Å². The van der Waals surface area contributed by atoms with Gasteiger partial charge in [0.2, 0.25) is 0 Å². The minimum atomic E-state index is 0.203. The summed E-state index contributed by atoms with van der Waals surface area (Å²) >= 11 is 6.34. The molecule has 2 aromatic rings. The number of hydrogen-bond acceptors (Lipinski definition) is 3. The molecule has 5 heteroatoms. The Morgan fingerprint density at radius 1 is 1.40 bits per heavy atom. The van der Waals surface area contributed by atoms with Gasteiger partial charge in [-0.15, -0.1) is 0 Å². The van der Waals surface area contributed by atoms with E-state index in [2.05, 4.69) is 29.2 Å². The molecule has 1 atom stereocenters. The molecule has 2 heterocycles. The number of likely N-dealkylation sites (N-methyl/N-ethyl adjacent to an activating group) is 1. The van der Waals surface area contributed by atoms with E-state index in [1.807, 2.05) is 32.4 Å². The normalized spacial score (nSPS) is 12.7. The van der Waals surface area contributed by atoms with Crippen LogP contribution in [0.2, 0.25) is 5.15 Å². The highest BCUT2D eigenvalue weighted by Crippen LogP contribution is 2.26. The lowest BCUT2D eigenvalue weighted by atomic mass is 9.97. The van der Waals surface area contributed by atoms with Crippen molar-refractivity contribution in [3.8, 4) is 0 Å². The van der Waals surface area contributed by atoms with Crippen molar-refractivity contribution < 1.29 is 0 Å². The highest BCUT2D eigenvalue weighted by atomic mass is 35.5. The van der Waals surface area contributed by atoms with E-state index in [9.17, 15) is 0 Å². The Labute approximate surface area is 125 Å². The van der Waals surface area contributed by atoms with Crippen LogP contribution in [0.25, 0.3) is 0 Å². The summed E-state index contributed by atoms with van der Waals surface area (Å²) in [5.41, 5.74) is 4.54. The van der Waals surface area contributed by atoms with Crippen molar-refractivity contribution >= 4 is 11.6 Å². The van der Waals surface area contributed by atoms with Crippen molar-refractivity contribution in [2.45, 2.75) is 33.2 Å². The second-order valence-corrected chi connectivity index (χ2v) is 5.38. The molecular weight excluding hydrogens is 272 g/mol. The maximum Gasteiger partial charge on any atom is 0.130 e. The van der Waals surface area contributed by atoms with E-state index in [0.29, 0.717) is 5.15 Å². The zero-order valence-corrected chi connectivity index (χ0v) is 13.2. The number of halogens is 1. The molecule has 0 aliphatic heterocycles. The third-order valence-electron chi connectivity index (χ3n) is 3.58. The minimum Gasteiger partial charge on any atom is -0.310 e. The van der Waals surface area contributed by atoms with Crippen LogP contribution in [0.1, 0.15) is 35.3 Å². The van der Waals surface area contributed by atoms with Gasteiger partial charge in [-0.2, -0.15) is 5.10 Å². The van der Waals surface area contributed by atoms with E-state index >= 15 is 0 Å². The topological polar surface area (TPSA) is 42.7 Å². The van der Waals surface area contributed by atoms with E-state index in [-0.39, 0.29) is 6.04 Å². The van der Waals surface area contributed by atoms with Crippen LogP contribution in [0.4, 0.5) is 0 Å². The van der Waals surface area contributed by atoms with Gasteiger partial charge in [-0.1, -0.05) is 18.5 Å². The number of aromatic nitrogens is 3. The van der Waals surface area contributed by atoms with Gasteiger partial charge in [0.1, 0.15) is 5.15 Å². The van der Waals surface area contributed by atoms with Crippen molar-refractivity contribution in [1.82, 2.24) is 20.1 Å². The summed E-state index contributed by atoms with van der Waals surface area (Å²) < 4.78 is 1.73. The maximum absolute atomic E-state index is 6.34. The summed E-state index contributed by atoms with van der Waals surface area (Å²) in [4.78, 5) is 4.25. The van der Waals surface area contributed by atoms with Gasteiger partial charge in [0.05, 0.1) is 5.69 Å². The molecular formula is C15H21ClN4. The van der Waals surface area contributed by atoms with Gasteiger partial charge in [-0.3, -0.25) is 9.67 Å². The van der Waals surface area contributed by atoms with E-state index < -0.39 is 0 Å². The highest BCUT2D eigenvalue weighted by molar-refractivity contribution is 6.30. The molecule has 20 heavy (non-hydrogen) atoms. The van der Waals surface area contributed by atoms with Gasteiger partial charge < -0.3 is 5.32 Å². The number of hydrogen-bond donors (Lipinski definition) is 1. The minimum absolute atomic E-state index is 0.203. The van der Waals surface area contributed by atoms with Crippen LogP contribution in [0.15, 0.2) is 18.5 Å². The summed E-state index contributed by atoms with van der Waals surface area (Å²) in [6.07, 6.45) is 4.57. The van der Waals surface area contributed by atoms with Crippen molar-refractivity contribution in [2.24, 2.45) is 7.05 Å². The molecule has 2 aromatic heterocycles. The first-order chi connectivity index (χ1) is 9.54. The second kappa shape index (κ2) is 6.37. The molecule has 0 aromatic carbocycles. The maximum atomic E-state index is 6.34. The third-order valence-corrected chi connectivity index (χ3v) is 4.06. The first-order valence-corrected chi connectivity index (χ1v) is 7.24. The van der Waals surface area contributed by atoms with E-state index in [1.54, 1.807) is 4.68 Å². The van der Waals surface area contributed by atoms with Crippen LogP contribution < -0.4 is 5.32 Å². The second-order valence-electron chi connectivity index (χ2n) is 5.03. The molecule has 1 N–H and O–H groups in total. The predicted molar refractivity (Wildman–Crippen MR) is 82.1 cm³/mol. The van der Waals surface area contributed by atoms with Gasteiger partial charge in [0, 0.05) is 31.0 Å². The van der Waals surface area contributed by atoms with Crippen molar-refractivity contribution in [3.05, 3.63) is 46.0 Å². The van der Waals surface area contributed by atoms with Crippen molar-refractivity contribution in [1.29, 1.82) is 0 Å². The summed E-state index contributed by atoms with van der Waals surface area (Å²) in [6.45, 7) is 7.12. The molecule has 0 fully saturated rings. The average Bonchev–Trinajstić information content (AvgIpc) is 2.65. The fourth-order valence-electron chi connectivity index (χ4n) is 2.49. The summed E-state index contributed by atoms with van der Waals surface area (Å²) in [5, 5.41) is 8.61. The lowest BCUT2D eigenvalue weighted by Crippen LogP contribution is -2.24. The molecule has 2 rings (SSSR count). The Kier molecular flexibility index (Phi) is 4.78. The number of nitrogens with zero attached hydrogens (tertiary/aromatic N) is 3. The summed E-state index contributed by atoms with van der Waals surface area (Å²) in [7, 11) is 1.87. The number of nitrogens with one attached hydrogen (secondary N) is 1. The molecule has 4 nitrogen and oxygen atoms in total. The van der Waals surface area contributed by atoms with Gasteiger partial charge in [0.25, 0.3) is 0 Å². The molecule has 0 aliphatic rings. The SMILES string of the molecule is CCNC(Cc1c(C)nn(C)c1Cl)c1cnccc1C. The van der Waals surface area contributed by atoms with Crippen LogP contribution in [0, 0.1) is 13.8 Å². The van der Waals surface area contributed by atoms with Crippen LogP contribution in [0.5, 0.6) is 0 Å². The van der Waals surface area contributed by atoms with Crippen LogP contribution >= 0.6 is 11.6 Å². The number of aryl methyl sites for hydroxylation is 3. The standard InChI is InChI=1S/C15H21ClN4/c1-5-18-14(13-9-17-7-6-10(13)2)8-12-11(3)19-20(4)15(12)16/h6-7,9,14,18H,5,8H2,1-4H3. The Hall–Kier alpha value is -1.39.